The van der Waals surface area contributed by atoms with Crippen LogP contribution < -0.4 is 5.73 Å². The summed E-state index contributed by atoms with van der Waals surface area (Å²) in [5, 5.41) is 19.1. The Morgan fingerprint density at radius 2 is 1.89 bits per heavy atom. The van der Waals surface area contributed by atoms with Crippen molar-refractivity contribution in [3.63, 3.8) is 0 Å². The van der Waals surface area contributed by atoms with Crippen molar-refractivity contribution in [1.29, 1.82) is 0 Å². The van der Waals surface area contributed by atoms with Crippen molar-refractivity contribution < 1.29 is 24.2 Å². The number of carboxylic acid groups (broad SMARTS) is 1. The molecule has 0 aromatic carbocycles. The Labute approximate surface area is 105 Å². The molecule has 1 rings (SSSR count). The van der Waals surface area contributed by atoms with E-state index in [9.17, 15) is 24.2 Å². The second kappa shape index (κ2) is 4.38. The zero-order chi connectivity index (χ0) is 14.3. The summed E-state index contributed by atoms with van der Waals surface area (Å²) >= 11 is 0. The number of rotatable bonds is 3. The van der Waals surface area contributed by atoms with E-state index in [2.05, 4.69) is 0 Å². The van der Waals surface area contributed by atoms with E-state index in [1.54, 1.807) is 20.8 Å². The number of nitrogens with two attached hydrogens (primary N) is 1. The lowest BCUT2D eigenvalue weighted by atomic mass is 9.68. The lowest BCUT2D eigenvalue weighted by molar-refractivity contribution is -0.155. The van der Waals surface area contributed by atoms with Crippen molar-refractivity contribution in [3.05, 3.63) is 0 Å². The normalized spacial score (nSPS) is 29.3. The Morgan fingerprint density at radius 3 is 2.11 bits per heavy atom. The van der Waals surface area contributed by atoms with Gasteiger partial charge < -0.3 is 15.9 Å². The first-order valence-corrected chi connectivity index (χ1v) is 5.67. The van der Waals surface area contributed by atoms with Crippen LogP contribution in [0.4, 0.5) is 9.18 Å². The van der Waals surface area contributed by atoms with Crippen molar-refractivity contribution in [3.8, 4) is 0 Å². The van der Waals surface area contributed by atoms with Gasteiger partial charge in [-0.3, -0.25) is 9.69 Å². The fourth-order valence-corrected chi connectivity index (χ4v) is 2.65. The minimum absolute atomic E-state index is 0.222. The van der Waals surface area contributed by atoms with Gasteiger partial charge in [0.15, 0.2) is 6.10 Å². The molecule has 0 spiro atoms. The second-order valence-electron chi connectivity index (χ2n) is 5.70. The van der Waals surface area contributed by atoms with Gasteiger partial charge in [-0.25, -0.2) is 9.18 Å². The highest BCUT2D eigenvalue weighted by molar-refractivity contribution is 5.82. The van der Waals surface area contributed by atoms with Gasteiger partial charge in [-0.1, -0.05) is 0 Å². The first-order valence-electron chi connectivity index (χ1n) is 5.67. The third-order valence-electron chi connectivity index (χ3n) is 3.24. The van der Waals surface area contributed by atoms with Crippen LogP contribution >= 0.6 is 0 Å². The minimum atomic E-state index is -1.71. The van der Waals surface area contributed by atoms with Crippen LogP contribution in [-0.2, 0) is 4.79 Å². The van der Waals surface area contributed by atoms with Crippen molar-refractivity contribution >= 4 is 12.0 Å². The van der Waals surface area contributed by atoms with Gasteiger partial charge in [0.25, 0.3) is 0 Å². The molecule has 2 amide bonds. The Balaban J connectivity index is 3.18. The van der Waals surface area contributed by atoms with Crippen LogP contribution in [0.5, 0.6) is 0 Å². The Bertz CT molecular complexity index is 361. The molecule has 1 aliphatic carbocycles. The average Bonchev–Trinajstić information content (AvgIpc) is 2.10. The van der Waals surface area contributed by atoms with Gasteiger partial charge in [0.2, 0.25) is 5.91 Å². The maximum Gasteiger partial charge on any atom is 0.408 e. The van der Waals surface area contributed by atoms with E-state index in [-0.39, 0.29) is 12.8 Å². The van der Waals surface area contributed by atoms with Crippen molar-refractivity contribution in [2.45, 2.75) is 57.0 Å². The zero-order valence-corrected chi connectivity index (χ0v) is 10.7. The maximum absolute atomic E-state index is 13.2. The Hall–Kier alpha value is -1.37. The molecule has 0 heterocycles. The highest BCUT2D eigenvalue weighted by atomic mass is 19.1. The van der Waals surface area contributed by atoms with E-state index < -0.39 is 35.4 Å². The molecule has 0 radical (unpaired) electrons. The van der Waals surface area contributed by atoms with E-state index >= 15 is 0 Å². The molecule has 0 saturated heterocycles. The van der Waals surface area contributed by atoms with Crippen LogP contribution in [0.3, 0.4) is 0 Å². The maximum atomic E-state index is 13.2. The van der Waals surface area contributed by atoms with Gasteiger partial charge in [0, 0.05) is 18.4 Å². The number of alkyl halides is 1. The molecular weight excluding hydrogens is 243 g/mol. The molecule has 0 unspecified atom stereocenters. The van der Waals surface area contributed by atoms with Gasteiger partial charge in [-0.05, 0) is 20.8 Å². The van der Waals surface area contributed by atoms with E-state index in [0.29, 0.717) is 0 Å². The van der Waals surface area contributed by atoms with Gasteiger partial charge in [0.1, 0.15) is 6.17 Å². The van der Waals surface area contributed by atoms with Gasteiger partial charge in [-0.15, -0.1) is 0 Å². The lowest BCUT2D eigenvalue weighted by Gasteiger charge is -2.56. The largest absolute Gasteiger partial charge is 0.465 e. The quantitative estimate of drug-likeness (QED) is 0.688. The molecule has 1 saturated carbocycles. The van der Waals surface area contributed by atoms with Crippen molar-refractivity contribution in [1.82, 2.24) is 4.90 Å². The monoisotopic (exact) mass is 262 g/mol. The first-order chi connectivity index (χ1) is 8.02. The number of hydrogen-bond donors (Lipinski definition) is 3. The van der Waals surface area contributed by atoms with Crippen LogP contribution in [-0.4, -0.2) is 50.5 Å². The Morgan fingerprint density at radius 1 is 1.44 bits per heavy atom. The molecule has 4 N–H and O–H groups in total. The molecule has 0 aromatic rings. The predicted octanol–water partition coefficient (Wildman–Crippen LogP) is 0.482. The van der Waals surface area contributed by atoms with Crippen molar-refractivity contribution in [2.75, 3.05) is 0 Å². The summed E-state index contributed by atoms with van der Waals surface area (Å²) in [7, 11) is 0. The molecule has 0 aromatic heterocycles. The summed E-state index contributed by atoms with van der Waals surface area (Å²) in [6, 6.07) is 0. The second-order valence-corrected chi connectivity index (χ2v) is 5.70. The van der Waals surface area contributed by atoms with Crippen LogP contribution in [0.15, 0.2) is 0 Å². The molecule has 7 heteroatoms. The number of aliphatic hydroxyl groups excluding tert-OH is 1. The molecule has 1 aliphatic rings. The van der Waals surface area contributed by atoms with Crippen LogP contribution in [0.1, 0.15) is 33.6 Å². The number of halogens is 1. The number of carbonyl (C=O) groups is 2. The molecule has 18 heavy (non-hydrogen) atoms. The molecule has 6 nitrogen and oxygen atoms in total. The summed E-state index contributed by atoms with van der Waals surface area (Å²) in [4.78, 5) is 23.4. The average molecular weight is 262 g/mol. The highest BCUT2D eigenvalue weighted by Crippen LogP contribution is 2.45. The minimum Gasteiger partial charge on any atom is -0.465 e. The number of carbonyl (C=O) groups excluding carboxylic acids is 1. The standard InChI is InChI=1S/C11H19FN2O4/c1-10(2,3)14(9(17)18)11(4-6(12)5-11)7(15)8(13)16/h6-7,15H,4-5H2,1-3H3,(H2,13,16)(H,17,18)/t6?,7-,11?/m1/s1. The molecule has 104 valence electrons. The van der Waals surface area contributed by atoms with Crippen molar-refractivity contribution in [2.24, 2.45) is 5.73 Å². The number of aliphatic hydroxyl groups is 1. The summed E-state index contributed by atoms with van der Waals surface area (Å²) in [6.45, 7) is 4.84. The third kappa shape index (κ3) is 2.27. The van der Waals surface area contributed by atoms with E-state index in [0.717, 1.165) is 4.90 Å². The smallest absolute Gasteiger partial charge is 0.408 e. The fourth-order valence-electron chi connectivity index (χ4n) is 2.65. The zero-order valence-electron chi connectivity index (χ0n) is 10.7. The number of hydrogen-bond acceptors (Lipinski definition) is 3. The predicted molar refractivity (Wildman–Crippen MR) is 61.7 cm³/mol. The summed E-state index contributed by atoms with van der Waals surface area (Å²) in [5.74, 6) is -1.04. The summed E-state index contributed by atoms with van der Waals surface area (Å²) in [5.41, 5.74) is 2.69. The number of amides is 2. The first kappa shape index (κ1) is 14.7. The SMILES string of the molecule is CC(C)(C)N(C(=O)O)C1([C@H](O)C(N)=O)CC(F)C1. The summed E-state index contributed by atoms with van der Waals surface area (Å²) < 4.78 is 13.2. The van der Waals surface area contributed by atoms with E-state index in [1.165, 1.54) is 0 Å². The van der Waals surface area contributed by atoms with E-state index in [1.807, 2.05) is 0 Å². The lowest BCUT2D eigenvalue weighted by Crippen LogP contribution is -2.72. The fraction of sp³-hybridized carbons (Fsp3) is 0.818. The Kier molecular flexibility index (Phi) is 3.58. The molecule has 1 fully saturated rings. The van der Waals surface area contributed by atoms with E-state index in [4.69, 9.17) is 5.73 Å². The van der Waals surface area contributed by atoms with Gasteiger partial charge in [0.05, 0.1) is 5.54 Å². The third-order valence-corrected chi connectivity index (χ3v) is 3.24. The topological polar surface area (TPSA) is 104 Å². The molecule has 0 aliphatic heterocycles. The number of nitrogens with zero attached hydrogens (tertiary/aromatic N) is 1. The molecular formula is C11H19FN2O4. The van der Waals surface area contributed by atoms with Crippen LogP contribution in [0.2, 0.25) is 0 Å². The summed E-state index contributed by atoms with van der Waals surface area (Å²) in [6.07, 6.45) is -4.70. The van der Waals surface area contributed by atoms with Gasteiger partial charge >= 0.3 is 6.09 Å². The number of primary amides is 1. The van der Waals surface area contributed by atoms with Crippen LogP contribution in [0.25, 0.3) is 0 Å². The molecule has 1 atom stereocenters. The van der Waals surface area contributed by atoms with Gasteiger partial charge in [-0.2, -0.15) is 0 Å². The van der Waals surface area contributed by atoms with Crippen LogP contribution in [0, 0.1) is 0 Å². The molecule has 0 bridgehead atoms. The highest BCUT2D eigenvalue weighted by Gasteiger charge is 2.60.